The summed E-state index contributed by atoms with van der Waals surface area (Å²) >= 11 is 0. The van der Waals surface area contributed by atoms with Gasteiger partial charge in [-0.3, -0.25) is 0 Å². The molecule has 2 aromatic rings. The number of ether oxygens (including phenoxy) is 2. The highest BCUT2D eigenvalue weighted by molar-refractivity contribution is 5.82. The van der Waals surface area contributed by atoms with Gasteiger partial charge in [0.2, 0.25) is 0 Å². The van der Waals surface area contributed by atoms with Crippen LogP contribution in [0.5, 0.6) is 0 Å². The third-order valence-corrected chi connectivity index (χ3v) is 4.80. The van der Waals surface area contributed by atoms with Gasteiger partial charge in [0.15, 0.2) is 6.61 Å². The van der Waals surface area contributed by atoms with Crippen LogP contribution < -0.4 is 5.32 Å². The first-order valence-electron chi connectivity index (χ1n) is 9.37. The molecule has 28 heavy (non-hydrogen) atoms. The first kappa shape index (κ1) is 19.5. The number of carbonyl (C=O) groups excluding carboxylic acids is 2. The van der Waals surface area contributed by atoms with E-state index in [0.29, 0.717) is 12.8 Å². The lowest BCUT2D eigenvalue weighted by Gasteiger charge is -2.18. The second-order valence-corrected chi connectivity index (χ2v) is 6.62. The summed E-state index contributed by atoms with van der Waals surface area (Å²) in [7, 11) is 0. The van der Waals surface area contributed by atoms with Crippen LogP contribution in [0.2, 0.25) is 0 Å². The molecule has 1 atom stereocenters. The maximum atomic E-state index is 12.3. The highest BCUT2D eigenvalue weighted by Crippen LogP contribution is 2.44. The topological polar surface area (TPSA) is 64.6 Å². The Labute approximate surface area is 165 Å². The normalized spacial score (nSPS) is 13.0. The Morgan fingerprint density at radius 2 is 1.68 bits per heavy atom. The number of fused-ring (bicyclic) bond motifs is 3. The van der Waals surface area contributed by atoms with E-state index in [4.69, 9.17) is 15.9 Å². The number of terminal acetylenes is 1. The molecule has 0 fully saturated rings. The summed E-state index contributed by atoms with van der Waals surface area (Å²) < 4.78 is 10.4. The zero-order valence-electron chi connectivity index (χ0n) is 15.8. The number of esters is 1. The SMILES string of the molecule is C#CCOC(=O)[C@H](CCC)NC(=O)OCC1c2ccccc2-c2ccccc21. The minimum atomic E-state index is -0.769. The molecule has 0 bridgehead atoms. The molecule has 0 unspecified atom stereocenters. The molecule has 0 radical (unpaired) electrons. The Kier molecular flexibility index (Phi) is 6.33. The largest absolute Gasteiger partial charge is 0.451 e. The maximum Gasteiger partial charge on any atom is 0.407 e. The van der Waals surface area contributed by atoms with Gasteiger partial charge in [0.25, 0.3) is 0 Å². The van der Waals surface area contributed by atoms with Crippen LogP contribution in [-0.2, 0) is 14.3 Å². The number of carbonyl (C=O) groups is 2. The number of amides is 1. The van der Waals surface area contributed by atoms with Gasteiger partial charge < -0.3 is 14.8 Å². The highest BCUT2D eigenvalue weighted by Gasteiger charge is 2.29. The molecule has 0 heterocycles. The number of alkyl carbamates (subject to hydrolysis) is 1. The van der Waals surface area contributed by atoms with Gasteiger partial charge in [-0.25, -0.2) is 9.59 Å². The third kappa shape index (κ3) is 4.17. The Morgan fingerprint density at radius 1 is 1.07 bits per heavy atom. The summed E-state index contributed by atoms with van der Waals surface area (Å²) in [6, 6.07) is 15.5. The highest BCUT2D eigenvalue weighted by atomic mass is 16.6. The predicted molar refractivity (Wildman–Crippen MR) is 107 cm³/mol. The third-order valence-electron chi connectivity index (χ3n) is 4.80. The lowest BCUT2D eigenvalue weighted by Crippen LogP contribution is -2.42. The van der Waals surface area contributed by atoms with Crippen LogP contribution in [0.25, 0.3) is 11.1 Å². The number of rotatable bonds is 7. The number of benzene rings is 2. The number of nitrogens with one attached hydrogen (secondary N) is 1. The van der Waals surface area contributed by atoms with Crippen LogP contribution in [0.15, 0.2) is 48.5 Å². The zero-order valence-corrected chi connectivity index (χ0v) is 15.8. The van der Waals surface area contributed by atoms with E-state index in [1.165, 1.54) is 0 Å². The van der Waals surface area contributed by atoms with Crippen molar-refractivity contribution in [3.8, 4) is 23.5 Å². The number of hydrogen-bond acceptors (Lipinski definition) is 4. The second kappa shape index (κ2) is 9.09. The minimum absolute atomic E-state index is 0.0313. The Morgan fingerprint density at radius 3 is 2.25 bits per heavy atom. The van der Waals surface area contributed by atoms with E-state index in [2.05, 4.69) is 35.5 Å². The van der Waals surface area contributed by atoms with Crippen LogP contribution in [-0.4, -0.2) is 31.3 Å². The van der Waals surface area contributed by atoms with Crippen LogP contribution in [0.3, 0.4) is 0 Å². The fourth-order valence-corrected chi connectivity index (χ4v) is 3.53. The predicted octanol–water partition coefficient (Wildman–Crippen LogP) is 3.87. The first-order valence-corrected chi connectivity index (χ1v) is 9.37. The van der Waals surface area contributed by atoms with Gasteiger partial charge >= 0.3 is 12.1 Å². The van der Waals surface area contributed by atoms with Crippen molar-refractivity contribution >= 4 is 12.1 Å². The maximum absolute atomic E-state index is 12.3. The fraction of sp³-hybridized carbons (Fsp3) is 0.304. The Balaban J connectivity index is 1.66. The molecule has 144 valence electrons. The quantitative estimate of drug-likeness (QED) is 0.588. The monoisotopic (exact) mass is 377 g/mol. The molecule has 5 nitrogen and oxygen atoms in total. The van der Waals surface area contributed by atoms with E-state index in [1.54, 1.807) is 0 Å². The molecular weight excluding hydrogens is 354 g/mol. The molecule has 5 heteroatoms. The molecule has 0 aromatic heterocycles. The van der Waals surface area contributed by atoms with Gasteiger partial charge in [-0.05, 0) is 28.7 Å². The van der Waals surface area contributed by atoms with Gasteiger partial charge in [-0.2, -0.15) is 0 Å². The molecule has 1 amide bonds. The fourth-order valence-electron chi connectivity index (χ4n) is 3.53. The standard InChI is InChI=1S/C23H23NO4/c1-3-9-21(22(25)27-14-4-2)24-23(26)28-15-20-18-12-7-5-10-16(18)17-11-6-8-13-19(17)20/h2,5-8,10-13,20-21H,3,9,14-15H2,1H3,(H,24,26)/t21-/m0/s1. The Bertz CT molecular complexity index is 854. The molecule has 0 aliphatic heterocycles. The molecule has 2 aromatic carbocycles. The van der Waals surface area contributed by atoms with Gasteiger partial charge in [-0.15, -0.1) is 6.42 Å². The summed E-state index contributed by atoms with van der Waals surface area (Å²) in [5.74, 6) is 1.66. The smallest absolute Gasteiger partial charge is 0.407 e. The molecule has 1 aliphatic rings. The summed E-state index contributed by atoms with van der Waals surface area (Å²) in [5.41, 5.74) is 4.59. The Hall–Kier alpha value is -3.26. The average Bonchev–Trinajstić information content (AvgIpc) is 3.04. The summed E-state index contributed by atoms with van der Waals surface area (Å²) in [6.45, 7) is 1.99. The van der Waals surface area contributed by atoms with Crippen molar-refractivity contribution in [2.75, 3.05) is 13.2 Å². The molecule has 3 rings (SSSR count). The van der Waals surface area contributed by atoms with Crippen molar-refractivity contribution in [2.45, 2.75) is 31.7 Å². The van der Waals surface area contributed by atoms with Gasteiger partial charge in [0.1, 0.15) is 12.6 Å². The second-order valence-electron chi connectivity index (χ2n) is 6.62. The molecule has 0 saturated heterocycles. The minimum Gasteiger partial charge on any atom is -0.451 e. The molecule has 1 N–H and O–H groups in total. The van der Waals surface area contributed by atoms with Crippen LogP contribution in [0.4, 0.5) is 4.79 Å². The van der Waals surface area contributed by atoms with Crippen molar-refractivity contribution in [3.63, 3.8) is 0 Å². The summed E-state index contributed by atoms with van der Waals surface area (Å²) in [5, 5.41) is 2.59. The first-order chi connectivity index (χ1) is 13.7. The molecule has 0 spiro atoms. The van der Waals surface area contributed by atoms with Crippen molar-refractivity contribution in [3.05, 3.63) is 59.7 Å². The van der Waals surface area contributed by atoms with Gasteiger partial charge in [0, 0.05) is 5.92 Å². The van der Waals surface area contributed by atoms with Gasteiger partial charge in [0.05, 0.1) is 0 Å². The molecule has 0 saturated carbocycles. The van der Waals surface area contributed by atoms with E-state index in [1.807, 2.05) is 31.2 Å². The van der Waals surface area contributed by atoms with E-state index < -0.39 is 18.1 Å². The van der Waals surface area contributed by atoms with Crippen LogP contribution in [0.1, 0.15) is 36.8 Å². The zero-order chi connectivity index (χ0) is 19.9. The van der Waals surface area contributed by atoms with E-state index in [9.17, 15) is 9.59 Å². The van der Waals surface area contributed by atoms with Crippen molar-refractivity contribution < 1.29 is 19.1 Å². The van der Waals surface area contributed by atoms with Crippen molar-refractivity contribution in [1.29, 1.82) is 0 Å². The summed E-state index contributed by atoms with van der Waals surface area (Å²) in [6.07, 6.45) is 5.63. The van der Waals surface area contributed by atoms with Crippen LogP contribution >= 0.6 is 0 Å². The molecule has 1 aliphatic carbocycles. The van der Waals surface area contributed by atoms with E-state index in [0.717, 1.165) is 22.3 Å². The summed E-state index contributed by atoms with van der Waals surface area (Å²) in [4.78, 5) is 24.3. The van der Waals surface area contributed by atoms with Crippen LogP contribution in [0, 0.1) is 12.3 Å². The van der Waals surface area contributed by atoms with Gasteiger partial charge in [-0.1, -0.05) is 67.8 Å². The van der Waals surface area contributed by atoms with Crippen molar-refractivity contribution in [2.24, 2.45) is 0 Å². The van der Waals surface area contributed by atoms with E-state index in [-0.39, 0.29) is 19.1 Å². The average molecular weight is 377 g/mol. The van der Waals surface area contributed by atoms with Crippen molar-refractivity contribution in [1.82, 2.24) is 5.32 Å². The number of hydrogen-bond donors (Lipinski definition) is 1. The lowest BCUT2D eigenvalue weighted by atomic mass is 9.98. The lowest BCUT2D eigenvalue weighted by molar-refractivity contribution is -0.144. The molecular formula is C23H23NO4. The van der Waals surface area contributed by atoms with E-state index >= 15 is 0 Å².